The van der Waals surface area contributed by atoms with Gasteiger partial charge >= 0.3 is 6.18 Å². The van der Waals surface area contributed by atoms with Gasteiger partial charge in [-0.1, -0.05) is 0 Å². The molecule has 0 atom stereocenters. The molecule has 0 N–H and O–H groups in total. The second kappa shape index (κ2) is 1.94. The molecule has 0 amide bonds. The Labute approximate surface area is 42.3 Å². The van der Waals surface area contributed by atoms with Gasteiger partial charge in [-0.15, -0.1) is 0 Å². The van der Waals surface area contributed by atoms with Crippen LogP contribution in [0, 0.1) is 0 Å². The van der Waals surface area contributed by atoms with Gasteiger partial charge in [-0.05, 0) is 0 Å². The van der Waals surface area contributed by atoms with Crippen LogP contribution in [0.15, 0.2) is 0 Å². The summed E-state index contributed by atoms with van der Waals surface area (Å²) in [6, 6.07) is 0. The number of halogens is 3. The number of ketones is 1. The van der Waals surface area contributed by atoms with E-state index in [1.807, 2.05) is 0 Å². The van der Waals surface area contributed by atoms with Gasteiger partial charge in [0.1, 0.15) is 0 Å². The molecule has 0 saturated carbocycles. The van der Waals surface area contributed by atoms with E-state index in [1.165, 1.54) is 0 Å². The number of carbonyl (C=O) groups is 2. The summed E-state index contributed by atoms with van der Waals surface area (Å²) in [6.07, 6.45) is -5.76. The van der Waals surface area contributed by atoms with Crippen LogP contribution in [0.5, 0.6) is 0 Å². The van der Waals surface area contributed by atoms with Crippen molar-refractivity contribution in [3.63, 3.8) is 0 Å². The minimum Gasteiger partial charge on any atom is -0.294 e. The van der Waals surface area contributed by atoms with Gasteiger partial charge in [0.25, 0.3) is 5.78 Å². The van der Waals surface area contributed by atoms with Crippen LogP contribution in [0.2, 0.25) is 0 Å². The van der Waals surface area contributed by atoms with Crippen LogP contribution in [0.4, 0.5) is 13.2 Å². The second-order valence-corrected chi connectivity index (χ2v) is 0.980. The molecule has 8 heavy (non-hydrogen) atoms. The molecule has 0 spiro atoms. The molecule has 0 aliphatic heterocycles. The van der Waals surface area contributed by atoms with Gasteiger partial charge < -0.3 is 0 Å². The minimum atomic E-state index is -5.00. The van der Waals surface area contributed by atoms with Gasteiger partial charge in [0.15, 0.2) is 6.29 Å². The Morgan fingerprint density at radius 2 is 1.75 bits per heavy atom. The van der Waals surface area contributed by atoms with Crippen LogP contribution >= 0.6 is 0 Å². The maximum atomic E-state index is 10.9. The van der Waals surface area contributed by atoms with Crippen LogP contribution in [-0.2, 0) is 9.59 Å². The van der Waals surface area contributed by atoms with E-state index < -0.39 is 18.2 Å². The van der Waals surface area contributed by atoms with E-state index in [4.69, 9.17) is 4.79 Å². The first-order chi connectivity index (χ1) is 3.48. The highest BCUT2D eigenvalue weighted by molar-refractivity contribution is 6.27. The van der Waals surface area contributed by atoms with Crippen molar-refractivity contribution in [2.24, 2.45) is 0 Å². The SMILES string of the molecule is O=CC(=O)C(F)(F)F. The molecule has 0 saturated heterocycles. The average molecular weight is 126 g/mol. The molecule has 0 aliphatic rings. The first-order valence-electron chi connectivity index (χ1n) is 1.55. The summed E-state index contributed by atoms with van der Waals surface area (Å²) in [6.45, 7) is 0. The summed E-state index contributed by atoms with van der Waals surface area (Å²) in [5, 5.41) is 0. The number of hydrogen-bond acceptors (Lipinski definition) is 2. The van der Waals surface area contributed by atoms with E-state index >= 15 is 0 Å². The summed E-state index contributed by atoms with van der Waals surface area (Å²) in [7, 11) is 0. The van der Waals surface area contributed by atoms with Crippen molar-refractivity contribution >= 4 is 12.1 Å². The van der Waals surface area contributed by atoms with Crippen LogP contribution in [0.25, 0.3) is 0 Å². The summed E-state index contributed by atoms with van der Waals surface area (Å²) >= 11 is 0. The van der Waals surface area contributed by atoms with E-state index in [2.05, 4.69) is 0 Å². The molecular weight excluding hydrogens is 125 g/mol. The largest absolute Gasteiger partial charge is 0.457 e. The van der Waals surface area contributed by atoms with Crippen LogP contribution in [-0.4, -0.2) is 18.2 Å². The predicted molar refractivity (Wildman–Crippen MR) is 17.1 cm³/mol. The third-order valence-corrected chi connectivity index (χ3v) is 0.386. The Hall–Kier alpha value is -0.870. The molecule has 0 fully saturated rings. The molecular formula is C3HF3O2. The molecule has 2 nitrogen and oxygen atoms in total. The first-order valence-corrected chi connectivity index (χ1v) is 1.55. The molecule has 0 aromatic carbocycles. The minimum absolute atomic E-state index is 0.764. The van der Waals surface area contributed by atoms with Crippen molar-refractivity contribution in [2.75, 3.05) is 0 Å². The number of Topliss-reactive ketones (excluding diaryl/α,β-unsaturated/α-hetero) is 1. The van der Waals surface area contributed by atoms with Crippen molar-refractivity contribution in [1.29, 1.82) is 0 Å². The third-order valence-electron chi connectivity index (χ3n) is 0.386. The standard InChI is InChI=1S/C3HF3O2/c4-3(5,6)2(8)1-7/h1H. The van der Waals surface area contributed by atoms with Crippen molar-refractivity contribution in [2.45, 2.75) is 6.18 Å². The van der Waals surface area contributed by atoms with E-state index in [9.17, 15) is 18.0 Å². The Morgan fingerprint density at radius 1 is 1.38 bits per heavy atom. The normalized spacial score (nSPS) is 10.9. The smallest absolute Gasteiger partial charge is 0.294 e. The predicted octanol–water partition coefficient (Wildman–Crippen LogP) is 0.317. The summed E-state index contributed by atoms with van der Waals surface area (Å²) in [5.41, 5.74) is 0. The number of alkyl halides is 3. The van der Waals surface area contributed by atoms with Crippen LogP contribution in [0.3, 0.4) is 0 Å². The Bertz CT molecular complexity index is 114. The average Bonchev–Trinajstić information content (AvgIpc) is 1.62. The van der Waals surface area contributed by atoms with Gasteiger partial charge in [-0.3, -0.25) is 9.59 Å². The van der Waals surface area contributed by atoms with E-state index in [1.54, 1.807) is 0 Å². The monoisotopic (exact) mass is 126 g/mol. The second-order valence-electron chi connectivity index (χ2n) is 0.980. The zero-order valence-corrected chi connectivity index (χ0v) is 3.53. The fourth-order valence-electron chi connectivity index (χ4n) is 0.0668. The molecule has 0 aromatic rings. The highest BCUT2D eigenvalue weighted by Gasteiger charge is 2.37. The molecule has 5 heteroatoms. The lowest BCUT2D eigenvalue weighted by atomic mass is 10.4. The van der Waals surface area contributed by atoms with Crippen LogP contribution < -0.4 is 0 Å². The number of rotatable bonds is 1. The fourth-order valence-corrected chi connectivity index (χ4v) is 0.0668. The zero-order chi connectivity index (χ0) is 6.78. The molecule has 0 aromatic heterocycles. The molecule has 0 heterocycles. The first kappa shape index (κ1) is 7.13. The van der Waals surface area contributed by atoms with Crippen molar-refractivity contribution in [1.82, 2.24) is 0 Å². The van der Waals surface area contributed by atoms with Gasteiger partial charge in [0, 0.05) is 0 Å². The highest BCUT2D eigenvalue weighted by Crippen LogP contribution is 2.13. The topological polar surface area (TPSA) is 34.1 Å². The Kier molecular flexibility index (Phi) is 1.72. The maximum Gasteiger partial charge on any atom is 0.457 e. The van der Waals surface area contributed by atoms with Crippen molar-refractivity contribution in [3.8, 4) is 0 Å². The van der Waals surface area contributed by atoms with Crippen molar-refractivity contribution < 1.29 is 22.8 Å². The van der Waals surface area contributed by atoms with E-state index in [0.29, 0.717) is 0 Å². The molecule has 0 aliphatic carbocycles. The fraction of sp³-hybridized carbons (Fsp3) is 0.333. The maximum absolute atomic E-state index is 10.9. The number of aldehydes is 1. The third kappa shape index (κ3) is 1.72. The molecule has 0 rings (SSSR count). The highest BCUT2D eigenvalue weighted by atomic mass is 19.4. The molecule has 0 unspecified atom stereocenters. The van der Waals surface area contributed by atoms with E-state index in [-0.39, 0.29) is 0 Å². The van der Waals surface area contributed by atoms with Gasteiger partial charge in [0.2, 0.25) is 0 Å². The van der Waals surface area contributed by atoms with Crippen LogP contribution in [0.1, 0.15) is 0 Å². The van der Waals surface area contributed by atoms with Gasteiger partial charge in [-0.2, -0.15) is 13.2 Å². The lowest BCUT2D eigenvalue weighted by Crippen LogP contribution is -2.23. The molecule has 0 bridgehead atoms. The van der Waals surface area contributed by atoms with Gasteiger partial charge in [0.05, 0.1) is 0 Å². The molecule has 46 valence electrons. The van der Waals surface area contributed by atoms with E-state index in [0.717, 1.165) is 0 Å². The number of hydrogen-bond donors (Lipinski definition) is 0. The zero-order valence-electron chi connectivity index (χ0n) is 3.53. The van der Waals surface area contributed by atoms with Crippen molar-refractivity contribution in [3.05, 3.63) is 0 Å². The lowest BCUT2D eigenvalue weighted by molar-refractivity contribution is -0.171. The summed E-state index contributed by atoms with van der Waals surface area (Å²) < 4.78 is 32.6. The lowest BCUT2D eigenvalue weighted by Gasteiger charge is -1.94. The molecule has 0 radical (unpaired) electrons. The van der Waals surface area contributed by atoms with Gasteiger partial charge in [-0.25, -0.2) is 0 Å². The summed E-state index contributed by atoms with van der Waals surface area (Å²) in [4.78, 5) is 18.4. The number of carbonyl (C=O) groups excluding carboxylic acids is 2. The quantitative estimate of drug-likeness (QED) is 0.374. The Balaban J connectivity index is 4.02. The summed E-state index contributed by atoms with van der Waals surface area (Å²) in [5.74, 6) is -2.35. The Morgan fingerprint density at radius 3 is 1.75 bits per heavy atom.